The van der Waals surface area contributed by atoms with Gasteiger partial charge in [-0.1, -0.05) is 50.2 Å². The van der Waals surface area contributed by atoms with Crippen LogP contribution in [-0.4, -0.2) is 54.4 Å². The molecule has 0 unspecified atom stereocenters. The Hall–Kier alpha value is -2.54. The minimum atomic E-state index is -1.18. The van der Waals surface area contributed by atoms with Crippen LogP contribution in [0.15, 0.2) is 48.5 Å². The highest BCUT2D eigenvalue weighted by molar-refractivity contribution is 5.89. The summed E-state index contributed by atoms with van der Waals surface area (Å²) in [6.07, 6.45) is 5.19. The number of carbonyl (C=O) groups excluding carboxylic acids is 2. The summed E-state index contributed by atoms with van der Waals surface area (Å²) in [6, 6.07) is 15.3. The number of likely N-dealkylation sites (tertiary alicyclic amines) is 1. The lowest BCUT2D eigenvalue weighted by Crippen LogP contribution is -2.47. The number of aldehydes is 1. The quantitative estimate of drug-likeness (QED) is 0.587. The molecule has 2 aliphatic rings. The minimum Gasteiger partial charge on any atom is -0.486 e. The topological polar surface area (TPSA) is 92.9 Å². The van der Waals surface area contributed by atoms with Gasteiger partial charge in [0.25, 0.3) is 0 Å². The van der Waals surface area contributed by atoms with E-state index in [4.69, 9.17) is 10.5 Å². The third-order valence-corrected chi connectivity index (χ3v) is 6.44. The average molecular weight is 469 g/mol. The molecule has 0 radical (unpaired) electrons. The van der Waals surface area contributed by atoms with Crippen LogP contribution in [0.25, 0.3) is 0 Å². The number of hydrogen-bond acceptors (Lipinski definition) is 6. The molecule has 1 aliphatic heterocycles. The number of piperidine rings is 1. The number of carbonyl (C=O) groups is 2. The zero-order chi connectivity index (χ0) is 25.0. The standard InChI is InChI=1S/C13H20N2.C13H14O4.C2H6/c1-15-7-5-12(6-8-15)13-4-2-3-11(9-13)10-14;14-8-10-3-1-4-11(7-10)17-9-12(15)13(16)5-2-6-13;1-2/h2-4,9,12H,5-8,10,14H2,1H3;1,3-4,7-8,16H,2,5-6,9H2;1-2H3. The van der Waals surface area contributed by atoms with Crippen molar-refractivity contribution in [1.82, 2.24) is 4.90 Å². The molecule has 186 valence electrons. The van der Waals surface area contributed by atoms with Crippen LogP contribution in [0.4, 0.5) is 0 Å². The Balaban J connectivity index is 0.000000225. The zero-order valence-electron chi connectivity index (χ0n) is 20.8. The zero-order valence-corrected chi connectivity index (χ0v) is 20.8. The summed E-state index contributed by atoms with van der Waals surface area (Å²) in [5.74, 6) is 0.916. The van der Waals surface area contributed by atoms with Crippen molar-refractivity contribution in [2.75, 3.05) is 26.7 Å². The average Bonchev–Trinajstić information content (AvgIpc) is 2.88. The molecule has 0 aromatic heterocycles. The van der Waals surface area contributed by atoms with Crippen LogP contribution in [0.2, 0.25) is 0 Å². The van der Waals surface area contributed by atoms with E-state index in [1.807, 2.05) is 13.8 Å². The molecule has 1 heterocycles. The maximum absolute atomic E-state index is 11.6. The summed E-state index contributed by atoms with van der Waals surface area (Å²) in [6.45, 7) is 6.94. The van der Waals surface area contributed by atoms with Gasteiger partial charge in [-0.05, 0) is 81.4 Å². The molecule has 6 nitrogen and oxygen atoms in total. The lowest BCUT2D eigenvalue weighted by molar-refractivity contribution is -0.148. The van der Waals surface area contributed by atoms with E-state index in [9.17, 15) is 14.7 Å². The third kappa shape index (κ3) is 8.05. The Bertz CT molecular complexity index is 903. The summed E-state index contributed by atoms with van der Waals surface area (Å²) in [7, 11) is 2.20. The second kappa shape index (κ2) is 14.0. The molecular formula is C28H40N2O4. The molecule has 4 rings (SSSR count). The number of ether oxygens (including phenoxy) is 1. The van der Waals surface area contributed by atoms with Crippen molar-refractivity contribution in [3.8, 4) is 5.75 Å². The van der Waals surface area contributed by atoms with Gasteiger partial charge in [-0.25, -0.2) is 0 Å². The molecule has 2 fully saturated rings. The molecule has 34 heavy (non-hydrogen) atoms. The number of hydrogen-bond donors (Lipinski definition) is 2. The summed E-state index contributed by atoms with van der Waals surface area (Å²) >= 11 is 0. The van der Waals surface area contributed by atoms with Gasteiger partial charge >= 0.3 is 0 Å². The number of benzene rings is 2. The monoisotopic (exact) mass is 468 g/mol. The first kappa shape index (κ1) is 27.7. The fourth-order valence-corrected chi connectivity index (χ4v) is 4.07. The Labute approximate surface area is 204 Å². The first-order valence-corrected chi connectivity index (χ1v) is 12.3. The normalized spacial score (nSPS) is 17.2. The van der Waals surface area contributed by atoms with Crippen molar-refractivity contribution in [1.29, 1.82) is 0 Å². The van der Waals surface area contributed by atoms with Gasteiger partial charge in [0.15, 0.2) is 0 Å². The second-order valence-electron chi connectivity index (χ2n) is 8.81. The molecule has 2 aromatic carbocycles. The molecule has 0 spiro atoms. The molecule has 6 heteroatoms. The summed E-state index contributed by atoms with van der Waals surface area (Å²) in [4.78, 5) is 24.6. The first-order chi connectivity index (χ1) is 16.4. The Kier molecular flexibility index (Phi) is 11.4. The smallest absolute Gasteiger partial charge is 0.201 e. The van der Waals surface area contributed by atoms with E-state index in [-0.39, 0.29) is 12.4 Å². The number of rotatable bonds is 7. The Morgan fingerprint density at radius 2 is 1.82 bits per heavy atom. The van der Waals surface area contributed by atoms with Crippen LogP contribution in [0.1, 0.15) is 73.4 Å². The number of ketones is 1. The van der Waals surface area contributed by atoms with Crippen molar-refractivity contribution in [2.45, 2.75) is 64.0 Å². The molecule has 1 saturated carbocycles. The maximum atomic E-state index is 11.6. The van der Waals surface area contributed by atoms with E-state index >= 15 is 0 Å². The van der Waals surface area contributed by atoms with Gasteiger partial charge in [0.2, 0.25) is 5.78 Å². The van der Waals surface area contributed by atoms with Crippen LogP contribution < -0.4 is 10.5 Å². The van der Waals surface area contributed by atoms with Gasteiger partial charge in [0, 0.05) is 12.1 Å². The molecule has 0 bridgehead atoms. The van der Waals surface area contributed by atoms with E-state index in [1.54, 1.807) is 24.3 Å². The van der Waals surface area contributed by atoms with Crippen LogP contribution in [0.5, 0.6) is 5.75 Å². The van der Waals surface area contributed by atoms with Crippen molar-refractivity contribution >= 4 is 12.1 Å². The number of Topliss-reactive ketones (excluding diaryl/α,β-unsaturated/α-hetero) is 1. The van der Waals surface area contributed by atoms with Gasteiger partial charge in [0.05, 0.1) is 0 Å². The number of nitrogens with zero attached hydrogens (tertiary/aromatic N) is 1. The molecule has 2 aromatic rings. The molecule has 3 N–H and O–H groups in total. The molecule has 1 saturated heterocycles. The lowest BCUT2D eigenvalue weighted by atomic mass is 9.77. The van der Waals surface area contributed by atoms with Crippen molar-refractivity contribution in [2.24, 2.45) is 5.73 Å². The van der Waals surface area contributed by atoms with Crippen molar-refractivity contribution in [3.63, 3.8) is 0 Å². The highest BCUT2D eigenvalue weighted by atomic mass is 16.5. The maximum Gasteiger partial charge on any atom is 0.201 e. The molecule has 1 aliphatic carbocycles. The Morgan fingerprint density at radius 1 is 1.15 bits per heavy atom. The fourth-order valence-electron chi connectivity index (χ4n) is 4.07. The van der Waals surface area contributed by atoms with Crippen LogP contribution in [0, 0.1) is 0 Å². The molecule has 0 amide bonds. The summed E-state index contributed by atoms with van der Waals surface area (Å²) in [5.41, 5.74) is 7.72. The van der Waals surface area contributed by atoms with E-state index in [0.717, 1.165) is 12.3 Å². The second-order valence-corrected chi connectivity index (χ2v) is 8.81. The van der Waals surface area contributed by atoms with Crippen LogP contribution in [0.3, 0.4) is 0 Å². The molecular weight excluding hydrogens is 428 g/mol. The minimum absolute atomic E-state index is 0.154. The highest BCUT2D eigenvalue weighted by Gasteiger charge is 2.41. The largest absolute Gasteiger partial charge is 0.486 e. The van der Waals surface area contributed by atoms with Gasteiger partial charge < -0.3 is 20.5 Å². The van der Waals surface area contributed by atoms with E-state index < -0.39 is 5.60 Å². The van der Waals surface area contributed by atoms with Crippen molar-refractivity contribution < 1.29 is 19.4 Å². The van der Waals surface area contributed by atoms with Gasteiger partial charge in [-0.15, -0.1) is 0 Å². The summed E-state index contributed by atoms with van der Waals surface area (Å²) in [5, 5.41) is 9.77. The van der Waals surface area contributed by atoms with Crippen LogP contribution in [-0.2, 0) is 11.3 Å². The third-order valence-electron chi connectivity index (χ3n) is 6.44. The predicted octanol–water partition coefficient (Wildman–Crippen LogP) is 4.34. The SMILES string of the molecule is CC.CN1CCC(c2cccc(CN)c2)CC1.O=Cc1cccc(OCC(=O)C2(O)CCC2)c1. The van der Waals surface area contributed by atoms with Gasteiger partial charge in [0.1, 0.15) is 24.2 Å². The predicted molar refractivity (Wildman–Crippen MR) is 136 cm³/mol. The van der Waals surface area contributed by atoms with E-state index in [1.165, 1.54) is 37.1 Å². The number of nitrogens with two attached hydrogens (primary N) is 1. The van der Waals surface area contributed by atoms with E-state index in [2.05, 4.69) is 36.2 Å². The highest BCUT2D eigenvalue weighted by Crippen LogP contribution is 2.32. The Morgan fingerprint density at radius 3 is 2.41 bits per heavy atom. The first-order valence-electron chi connectivity index (χ1n) is 12.3. The van der Waals surface area contributed by atoms with Gasteiger partial charge in [-0.2, -0.15) is 0 Å². The van der Waals surface area contributed by atoms with Gasteiger partial charge in [-0.3, -0.25) is 9.59 Å². The van der Waals surface area contributed by atoms with Crippen LogP contribution >= 0.6 is 0 Å². The fraction of sp³-hybridized carbons (Fsp3) is 0.500. The van der Waals surface area contributed by atoms with E-state index in [0.29, 0.717) is 37.0 Å². The van der Waals surface area contributed by atoms with Crippen molar-refractivity contribution in [3.05, 3.63) is 65.2 Å². The summed E-state index contributed by atoms with van der Waals surface area (Å²) < 4.78 is 5.26. The molecule has 0 atom stereocenters. The number of aliphatic hydroxyl groups is 1. The lowest BCUT2D eigenvalue weighted by Gasteiger charge is -2.34.